The van der Waals surface area contributed by atoms with Crippen molar-refractivity contribution in [1.29, 1.82) is 0 Å². The predicted molar refractivity (Wildman–Crippen MR) is 51.2 cm³/mol. The molecule has 1 spiro atoms. The highest BCUT2D eigenvalue weighted by molar-refractivity contribution is 4.96. The van der Waals surface area contributed by atoms with Crippen molar-refractivity contribution < 1.29 is 0 Å². The van der Waals surface area contributed by atoms with Crippen LogP contribution in [0.1, 0.15) is 32.6 Å². The number of rotatable bonds is 0. The van der Waals surface area contributed by atoms with Gasteiger partial charge in [0.1, 0.15) is 0 Å². The molecule has 0 bridgehead atoms. The van der Waals surface area contributed by atoms with Gasteiger partial charge in [0.25, 0.3) is 0 Å². The Morgan fingerprint density at radius 2 is 2.25 bits per heavy atom. The summed E-state index contributed by atoms with van der Waals surface area (Å²) in [5.41, 5.74) is 0.468. The molecule has 2 aliphatic rings. The van der Waals surface area contributed by atoms with Gasteiger partial charge in [0.05, 0.1) is 0 Å². The smallest absolute Gasteiger partial charge is 0.0309 e. The van der Waals surface area contributed by atoms with E-state index in [-0.39, 0.29) is 0 Å². The van der Waals surface area contributed by atoms with Crippen LogP contribution in [0, 0.1) is 5.92 Å². The number of hydrogen-bond acceptors (Lipinski definition) is 2. The second kappa shape index (κ2) is 3.35. The van der Waals surface area contributed by atoms with E-state index in [1.807, 2.05) is 0 Å². The molecular formula is C10H20N2. The van der Waals surface area contributed by atoms with Crippen molar-refractivity contribution in [3.05, 3.63) is 0 Å². The van der Waals surface area contributed by atoms with Gasteiger partial charge >= 0.3 is 0 Å². The van der Waals surface area contributed by atoms with Gasteiger partial charge in [-0.3, -0.25) is 0 Å². The van der Waals surface area contributed by atoms with E-state index in [0.717, 1.165) is 5.92 Å². The Balaban J connectivity index is 1.97. The van der Waals surface area contributed by atoms with Gasteiger partial charge in [-0.2, -0.15) is 0 Å². The molecule has 0 aromatic carbocycles. The third-order valence-corrected chi connectivity index (χ3v) is 3.35. The summed E-state index contributed by atoms with van der Waals surface area (Å²) in [5, 5.41) is 7.21. The van der Waals surface area contributed by atoms with Gasteiger partial charge in [0, 0.05) is 12.1 Å². The molecule has 0 aliphatic carbocycles. The molecule has 2 N–H and O–H groups in total. The summed E-state index contributed by atoms with van der Waals surface area (Å²) in [7, 11) is 0. The molecule has 0 aromatic rings. The highest BCUT2D eigenvalue weighted by Crippen LogP contribution is 2.29. The Labute approximate surface area is 75.1 Å². The summed E-state index contributed by atoms with van der Waals surface area (Å²) in [6.07, 6.45) is 5.46. The van der Waals surface area contributed by atoms with E-state index in [2.05, 4.69) is 17.6 Å². The Hall–Kier alpha value is -0.0800. The van der Waals surface area contributed by atoms with Gasteiger partial charge in [-0.15, -0.1) is 0 Å². The van der Waals surface area contributed by atoms with Crippen molar-refractivity contribution in [3.63, 3.8) is 0 Å². The first-order valence-electron chi connectivity index (χ1n) is 5.27. The Bertz CT molecular complexity index is 144. The van der Waals surface area contributed by atoms with E-state index in [1.165, 1.54) is 45.3 Å². The molecule has 0 amide bonds. The maximum atomic E-state index is 3.70. The largest absolute Gasteiger partial charge is 0.315 e. The maximum absolute atomic E-state index is 3.70. The Kier molecular flexibility index (Phi) is 2.37. The van der Waals surface area contributed by atoms with Crippen LogP contribution in [0.25, 0.3) is 0 Å². The van der Waals surface area contributed by atoms with Crippen molar-refractivity contribution in [3.8, 4) is 0 Å². The minimum atomic E-state index is 0.468. The minimum absolute atomic E-state index is 0.468. The first-order valence-corrected chi connectivity index (χ1v) is 5.27. The average molecular weight is 168 g/mol. The predicted octanol–water partition coefficient (Wildman–Crippen LogP) is 1.13. The number of nitrogens with one attached hydrogen (secondary N) is 2. The van der Waals surface area contributed by atoms with Crippen molar-refractivity contribution in [2.75, 3.05) is 19.6 Å². The molecule has 2 fully saturated rings. The van der Waals surface area contributed by atoms with Gasteiger partial charge in [-0.05, 0) is 44.7 Å². The molecule has 2 heteroatoms. The van der Waals surface area contributed by atoms with E-state index in [1.54, 1.807) is 0 Å². The standard InChI is InChI=1S/C10H20N2/c1-9-3-6-12-10(7-9)4-2-5-11-8-10/h9,11-12H,2-8H2,1H3. The van der Waals surface area contributed by atoms with Gasteiger partial charge in [0.15, 0.2) is 0 Å². The Morgan fingerprint density at radius 1 is 1.33 bits per heavy atom. The zero-order chi connectivity index (χ0) is 8.44. The SMILES string of the molecule is CC1CCNC2(CCCNC2)C1. The molecule has 12 heavy (non-hydrogen) atoms. The van der Waals surface area contributed by atoms with Gasteiger partial charge in [-0.25, -0.2) is 0 Å². The van der Waals surface area contributed by atoms with Crippen LogP contribution in [0.5, 0.6) is 0 Å². The third-order valence-electron chi connectivity index (χ3n) is 3.35. The Morgan fingerprint density at radius 3 is 2.92 bits per heavy atom. The number of hydrogen-bond donors (Lipinski definition) is 2. The summed E-state index contributed by atoms with van der Waals surface area (Å²) < 4.78 is 0. The highest BCUT2D eigenvalue weighted by Gasteiger charge is 2.35. The number of piperidine rings is 2. The molecule has 2 heterocycles. The van der Waals surface area contributed by atoms with Gasteiger partial charge in [0.2, 0.25) is 0 Å². The molecular weight excluding hydrogens is 148 g/mol. The van der Waals surface area contributed by atoms with E-state index < -0.39 is 0 Å². The van der Waals surface area contributed by atoms with Crippen LogP contribution < -0.4 is 10.6 Å². The average Bonchev–Trinajstić information content (AvgIpc) is 2.05. The van der Waals surface area contributed by atoms with Crippen LogP contribution in [0.4, 0.5) is 0 Å². The second-order valence-corrected chi connectivity index (χ2v) is 4.59. The van der Waals surface area contributed by atoms with E-state index in [9.17, 15) is 0 Å². The summed E-state index contributed by atoms with van der Waals surface area (Å²) in [4.78, 5) is 0. The van der Waals surface area contributed by atoms with Crippen molar-refractivity contribution >= 4 is 0 Å². The monoisotopic (exact) mass is 168 g/mol. The summed E-state index contributed by atoms with van der Waals surface area (Å²) in [5.74, 6) is 0.922. The lowest BCUT2D eigenvalue weighted by molar-refractivity contribution is 0.164. The van der Waals surface area contributed by atoms with Crippen LogP contribution in [0.2, 0.25) is 0 Å². The van der Waals surface area contributed by atoms with Crippen molar-refractivity contribution in [1.82, 2.24) is 10.6 Å². The second-order valence-electron chi connectivity index (χ2n) is 4.59. The van der Waals surface area contributed by atoms with Crippen LogP contribution in [0.3, 0.4) is 0 Å². The zero-order valence-electron chi connectivity index (χ0n) is 8.03. The first kappa shape index (κ1) is 8.52. The molecule has 2 rings (SSSR count). The first-order chi connectivity index (χ1) is 5.81. The molecule has 2 saturated heterocycles. The van der Waals surface area contributed by atoms with E-state index in [4.69, 9.17) is 0 Å². The fourth-order valence-corrected chi connectivity index (χ4v) is 2.72. The lowest BCUT2D eigenvalue weighted by Crippen LogP contribution is -2.59. The van der Waals surface area contributed by atoms with Crippen molar-refractivity contribution in [2.45, 2.75) is 38.1 Å². The molecule has 2 unspecified atom stereocenters. The lowest BCUT2D eigenvalue weighted by Gasteiger charge is -2.44. The fraction of sp³-hybridized carbons (Fsp3) is 1.00. The summed E-state index contributed by atoms with van der Waals surface area (Å²) in [6.45, 7) is 6.02. The van der Waals surface area contributed by atoms with Crippen LogP contribution in [-0.4, -0.2) is 25.2 Å². The van der Waals surface area contributed by atoms with Crippen LogP contribution >= 0.6 is 0 Å². The van der Waals surface area contributed by atoms with Gasteiger partial charge in [-0.1, -0.05) is 6.92 Å². The van der Waals surface area contributed by atoms with Crippen molar-refractivity contribution in [2.24, 2.45) is 5.92 Å². The highest BCUT2D eigenvalue weighted by atomic mass is 15.1. The normalized spacial score (nSPS) is 43.2. The molecule has 0 radical (unpaired) electrons. The van der Waals surface area contributed by atoms with E-state index >= 15 is 0 Å². The molecule has 2 atom stereocenters. The molecule has 70 valence electrons. The zero-order valence-corrected chi connectivity index (χ0v) is 8.03. The fourth-order valence-electron chi connectivity index (χ4n) is 2.72. The van der Waals surface area contributed by atoms with Gasteiger partial charge < -0.3 is 10.6 Å². The minimum Gasteiger partial charge on any atom is -0.315 e. The quantitative estimate of drug-likeness (QED) is 0.566. The van der Waals surface area contributed by atoms with E-state index in [0.29, 0.717) is 5.54 Å². The molecule has 2 nitrogen and oxygen atoms in total. The summed E-state index contributed by atoms with van der Waals surface area (Å²) >= 11 is 0. The van der Waals surface area contributed by atoms with Crippen LogP contribution in [0.15, 0.2) is 0 Å². The molecule has 2 aliphatic heterocycles. The lowest BCUT2D eigenvalue weighted by atomic mass is 9.78. The van der Waals surface area contributed by atoms with Crippen LogP contribution in [-0.2, 0) is 0 Å². The summed E-state index contributed by atoms with van der Waals surface area (Å²) in [6, 6.07) is 0. The molecule has 0 saturated carbocycles. The third kappa shape index (κ3) is 1.64. The topological polar surface area (TPSA) is 24.1 Å². The maximum Gasteiger partial charge on any atom is 0.0309 e. The molecule has 0 aromatic heterocycles.